The van der Waals surface area contributed by atoms with Crippen LogP contribution in [0.5, 0.6) is 5.75 Å². The molecule has 0 aromatic carbocycles. The summed E-state index contributed by atoms with van der Waals surface area (Å²) in [5, 5.41) is 0. The summed E-state index contributed by atoms with van der Waals surface area (Å²) in [5.41, 5.74) is 2.54. The van der Waals surface area contributed by atoms with Crippen molar-refractivity contribution >= 4 is 11.6 Å². The van der Waals surface area contributed by atoms with Gasteiger partial charge in [-0.1, -0.05) is 12.8 Å². The van der Waals surface area contributed by atoms with Gasteiger partial charge in [-0.15, -0.1) is 0 Å². The number of nitrogen functional groups attached to an aromatic ring is 1. The molecular weight excluding hydrogens is 218 g/mol. The second-order valence-electron chi connectivity index (χ2n) is 4.12. The summed E-state index contributed by atoms with van der Waals surface area (Å²) in [6, 6.07) is 0. The number of ether oxygens (including phenoxy) is 1. The SMILES string of the molecule is COc1c(NN)ncnc1N1CCCCCC1. The number of hydrogen-bond acceptors (Lipinski definition) is 6. The molecule has 0 amide bonds. The smallest absolute Gasteiger partial charge is 0.205 e. The van der Waals surface area contributed by atoms with Crippen molar-refractivity contribution in [2.24, 2.45) is 5.84 Å². The number of hydrogen-bond donors (Lipinski definition) is 2. The molecule has 0 aliphatic carbocycles. The highest BCUT2D eigenvalue weighted by Crippen LogP contribution is 2.32. The number of nitrogens with zero attached hydrogens (tertiary/aromatic N) is 3. The lowest BCUT2D eigenvalue weighted by Crippen LogP contribution is -2.26. The summed E-state index contributed by atoms with van der Waals surface area (Å²) in [6.07, 6.45) is 6.47. The third-order valence-electron chi connectivity index (χ3n) is 3.03. The molecule has 1 saturated heterocycles. The molecule has 0 saturated carbocycles. The Kier molecular flexibility index (Phi) is 3.98. The van der Waals surface area contributed by atoms with E-state index in [2.05, 4.69) is 20.3 Å². The van der Waals surface area contributed by atoms with Crippen LogP contribution in [0, 0.1) is 0 Å². The molecule has 1 aliphatic heterocycles. The zero-order valence-corrected chi connectivity index (χ0v) is 10.1. The van der Waals surface area contributed by atoms with Crippen molar-refractivity contribution in [2.45, 2.75) is 25.7 Å². The molecule has 0 spiro atoms. The average Bonchev–Trinajstić information content (AvgIpc) is 2.66. The van der Waals surface area contributed by atoms with Gasteiger partial charge in [0.1, 0.15) is 6.33 Å². The van der Waals surface area contributed by atoms with Crippen LogP contribution in [-0.4, -0.2) is 30.2 Å². The number of rotatable bonds is 3. The number of anilines is 2. The van der Waals surface area contributed by atoms with Crippen molar-refractivity contribution in [1.82, 2.24) is 9.97 Å². The number of hydrazine groups is 1. The van der Waals surface area contributed by atoms with Gasteiger partial charge < -0.3 is 15.1 Å². The predicted octanol–water partition coefficient (Wildman–Crippen LogP) is 1.15. The van der Waals surface area contributed by atoms with Gasteiger partial charge in [0.15, 0.2) is 11.6 Å². The van der Waals surface area contributed by atoms with Crippen LogP contribution in [-0.2, 0) is 0 Å². The van der Waals surface area contributed by atoms with E-state index in [1.807, 2.05) is 0 Å². The Labute approximate surface area is 101 Å². The van der Waals surface area contributed by atoms with Gasteiger partial charge >= 0.3 is 0 Å². The first kappa shape index (κ1) is 11.9. The maximum atomic E-state index is 5.42. The van der Waals surface area contributed by atoms with Gasteiger partial charge in [0.05, 0.1) is 7.11 Å². The Morgan fingerprint density at radius 1 is 1.24 bits per heavy atom. The molecule has 2 rings (SSSR count). The van der Waals surface area contributed by atoms with E-state index in [1.54, 1.807) is 7.11 Å². The second-order valence-corrected chi connectivity index (χ2v) is 4.12. The van der Waals surface area contributed by atoms with E-state index in [-0.39, 0.29) is 0 Å². The molecular formula is C11H19N5O. The van der Waals surface area contributed by atoms with E-state index >= 15 is 0 Å². The fourth-order valence-corrected chi connectivity index (χ4v) is 2.16. The van der Waals surface area contributed by atoms with Crippen molar-refractivity contribution in [3.05, 3.63) is 6.33 Å². The van der Waals surface area contributed by atoms with Gasteiger partial charge in [-0.05, 0) is 12.8 Å². The highest BCUT2D eigenvalue weighted by molar-refractivity contribution is 5.64. The van der Waals surface area contributed by atoms with Crippen molar-refractivity contribution in [3.8, 4) is 5.75 Å². The molecule has 0 bridgehead atoms. The standard InChI is InChI=1S/C11H19N5O/c1-17-9-10(15-12)13-8-14-11(9)16-6-4-2-3-5-7-16/h8H,2-7,12H2,1H3,(H,13,14,15). The molecule has 3 N–H and O–H groups in total. The molecule has 1 aromatic rings. The van der Waals surface area contributed by atoms with Crippen LogP contribution in [0.2, 0.25) is 0 Å². The molecule has 0 radical (unpaired) electrons. The third-order valence-corrected chi connectivity index (χ3v) is 3.03. The Morgan fingerprint density at radius 3 is 2.53 bits per heavy atom. The minimum absolute atomic E-state index is 0.529. The first-order chi connectivity index (χ1) is 8.36. The fraction of sp³-hybridized carbons (Fsp3) is 0.636. The van der Waals surface area contributed by atoms with Gasteiger partial charge in [-0.25, -0.2) is 15.8 Å². The summed E-state index contributed by atoms with van der Waals surface area (Å²) in [7, 11) is 1.61. The van der Waals surface area contributed by atoms with E-state index in [0.717, 1.165) is 18.9 Å². The van der Waals surface area contributed by atoms with Gasteiger partial charge in [0, 0.05) is 13.1 Å². The highest BCUT2D eigenvalue weighted by Gasteiger charge is 2.18. The van der Waals surface area contributed by atoms with Crippen molar-refractivity contribution in [3.63, 3.8) is 0 Å². The van der Waals surface area contributed by atoms with Gasteiger partial charge in [0.25, 0.3) is 0 Å². The van der Waals surface area contributed by atoms with Crippen LogP contribution < -0.4 is 20.9 Å². The monoisotopic (exact) mass is 237 g/mol. The normalized spacial score (nSPS) is 16.5. The summed E-state index contributed by atoms with van der Waals surface area (Å²) >= 11 is 0. The summed E-state index contributed by atoms with van der Waals surface area (Å²) in [6.45, 7) is 2.02. The lowest BCUT2D eigenvalue weighted by Gasteiger charge is -2.23. The number of nitrogens with two attached hydrogens (primary N) is 1. The minimum atomic E-state index is 0.529. The molecule has 0 unspecified atom stereocenters. The average molecular weight is 237 g/mol. The first-order valence-corrected chi connectivity index (χ1v) is 5.97. The van der Waals surface area contributed by atoms with Crippen molar-refractivity contribution < 1.29 is 4.74 Å². The summed E-state index contributed by atoms with van der Waals surface area (Å²) < 4.78 is 5.35. The molecule has 2 heterocycles. The molecule has 1 aliphatic rings. The van der Waals surface area contributed by atoms with Crippen LogP contribution in [0.25, 0.3) is 0 Å². The van der Waals surface area contributed by atoms with Crippen molar-refractivity contribution in [2.75, 3.05) is 30.5 Å². The Balaban J connectivity index is 2.29. The first-order valence-electron chi connectivity index (χ1n) is 5.97. The van der Waals surface area contributed by atoms with E-state index in [0.29, 0.717) is 11.6 Å². The minimum Gasteiger partial charge on any atom is -0.490 e. The molecule has 94 valence electrons. The van der Waals surface area contributed by atoms with Crippen LogP contribution in [0.15, 0.2) is 6.33 Å². The van der Waals surface area contributed by atoms with Crippen LogP contribution in [0.1, 0.15) is 25.7 Å². The molecule has 6 heteroatoms. The zero-order chi connectivity index (χ0) is 12.1. The van der Waals surface area contributed by atoms with E-state index in [9.17, 15) is 0 Å². The molecule has 1 aromatic heterocycles. The van der Waals surface area contributed by atoms with E-state index in [1.165, 1.54) is 32.0 Å². The van der Waals surface area contributed by atoms with Gasteiger partial charge in [-0.3, -0.25) is 0 Å². The van der Waals surface area contributed by atoms with Crippen LogP contribution in [0.3, 0.4) is 0 Å². The topological polar surface area (TPSA) is 76.3 Å². The van der Waals surface area contributed by atoms with E-state index in [4.69, 9.17) is 10.6 Å². The van der Waals surface area contributed by atoms with Crippen LogP contribution in [0.4, 0.5) is 11.6 Å². The number of aromatic nitrogens is 2. The largest absolute Gasteiger partial charge is 0.490 e. The summed E-state index contributed by atoms with van der Waals surface area (Å²) in [4.78, 5) is 10.6. The molecule has 17 heavy (non-hydrogen) atoms. The maximum Gasteiger partial charge on any atom is 0.205 e. The molecule has 1 fully saturated rings. The fourth-order valence-electron chi connectivity index (χ4n) is 2.16. The van der Waals surface area contributed by atoms with E-state index < -0.39 is 0 Å². The maximum absolute atomic E-state index is 5.42. The van der Waals surface area contributed by atoms with Gasteiger partial charge in [-0.2, -0.15) is 0 Å². The highest BCUT2D eigenvalue weighted by atomic mass is 16.5. The Bertz CT molecular complexity index is 363. The third kappa shape index (κ3) is 2.58. The number of nitrogens with one attached hydrogen (secondary N) is 1. The molecule has 6 nitrogen and oxygen atoms in total. The predicted molar refractivity (Wildman–Crippen MR) is 67.1 cm³/mol. The zero-order valence-electron chi connectivity index (χ0n) is 10.1. The quantitative estimate of drug-likeness (QED) is 0.606. The lowest BCUT2D eigenvalue weighted by atomic mass is 10.2. The van der Waals surface area contributed by atoms with Crippen molar-refractivity contribution in [1.29, 1.82) is 0 Å². The lowest BCUT2D eigenvalue weighted by molar-refractivity contribution is 0.412. The van der Waals surface area contributed by atoms with Crippen LogP contribution >= 0.6 is 0 Å². The summed E-state index contributed by atoms with van der Waals surface area (Å²) in [5.74, 6) is 7.40. The molecule has 0 atom stereocenters. The Hall–Kier alpha value is -1.56. The Morgan fingerprint density at radius 2 is 1.94 bits per heavy atom. The number of methoxy groups -OCH3 is 1. The van der Waals surface area contributed by atoms with Gasteiger partial charge in [0.2, 0.25) is 5.75 Å². The second kappa shape index (κ2) is 5.67.